The zero-order valence-corrected chi connectivity index (χ0v) is 7.62. The van der Waals surface area contributed by atoms with E-state index in [1.807, 2.05) is 6.08 Å². The lowest BCUT2D eigenvalue weighted by Gasteiger charge is -2.37. The van der Waals surface area contributed by atoms with E-state index in [-0.39, 0.29) is 17.8 Å². The third-order valence-electron chi connectivity index (χ3n) is 3.17. The normalized spacial score (nSPS) is 32.7. The largest absolute Gasteiger partial charge is 0.395 e. The first-order chi connectivity index (χ1) is 6.27. The number of carbonyl (C=O) groups is 1. The molecule has 0 aliphatic heterocycles. The summed E-state index contributed by atoms with van der Waals surface area (Å²) in [5.41, 5.74) is 0.945. The predicted octanol–water partition coefficient (Wildman–Crippen LogP) is 1.60. The Morgan fingerprint density at radius 1 is 1.46 bits per heavy atom. The second-order valence-electron chi connectivity index (χ2n) is 3.95. The number of allylic oxidation sites excluding steroid dienone is 3. The number of ketones is 1. The highest BCUT2D eigenvalue weighted by Crippen LogP contribution is 2.43. The van der Waals surface area contributed by atoms with Gasteiger partial charge in [0.15, 0.2) is 5.78 Å². The summed E-state index contributed by atoms with van der Waals surface area (Å²) in [6, 6.07) is 0. The van der Waals surface area contributed by atoms with Crippen LogP contribution in [0.2, 0.25) is 0 Å². The van der Waals surface area contributed by atoms with E-state index in [1.54, 1.807) is 6.08 Å². The molecule has 0 aromatic rings. The Hall–Kier alpha value is -0.890. The minimum atomic E-state index is -0.0946. The minimum absolute atomic E-state index is 0.0946. The fraction of sp³-hybridized carbons (Fsp3) is 0.545. The lowest BCUT2D eigenvalue weighted by Crippen LogP contribution is -2.32. The van der Waals surface area contributed by atoms with E-state index in [0.29, 0.717) is 6.42 Å². The van der Waals surface area contributed by atoms with Gasteiger partial charge in [-0.25, -0.2) is 0 Å². The Bertz CT molecular complexity index is 288. The van der Waals surface area contributed by atoms with E-state index in [1.165, 1.54) is 0 Å². The van der Waals surface area contributed by atoms with E-state index in [2.05, 4.69) is 6.08 Å². The van der Waals surface area contributed by atoms with Gasteiger partial charge >= 0.3 is 0 Å². The lowest BCUT2D eigenvalue weighted by atomic mass is 9.67. The molecular formula is C11H14O2. The highest BCUT2D eigenvalue weighted by atomic mass is 16.3. The average Bonchev–Trinajstić information content (AvgIpc) is 2.18. The molecule has 1 unspecified atom stereocenters. The van der Waals surface area contributed by atoms with Gasteiger partial charge in [0.25, 0.3) is 0 Å². The Morgan fingerprint density at radius 2 is 2.31 bits per heavy atom. The van der Waals surface area contributed by atoms with Crippen LogP contribution in [-0.4, -0.2) is 17.5 Å². The molecule has 1 atom stereocenters. The van der Waals surface area contributed by atoms with Crippen molar-refractivity contribution in [3.8, 4) is 0 Å². The minimum Gasteiger partial charge on any atom is -0.395 e. The second-order valence-corrected chi connectivity index (χ2v) is 3.95. The maximum Gasteiger partial charge on any atom is 0.156 e. The van der Waals surface area contributed by atoms with Gasteiger partial charge in [0.2, 0.25) is 0 Å². The molecule has 2 aliphatic rings. The molecule has 1 N–H and O–H groups in total. The molecule has 0 aromatic heterocycles. The molecule has 13 heavy (non-hydrogen) atoms. The monoisotopic (exact) mass is 178 g/mol. The highest BCUT2D eigenvalue weighted by molar-refractivity contribution is 5.92. The van der Waals surface area contributed by atoms with E-state index in [0.717, 1.165) is 24.8 Å². The number of hydrogen-bond donors (Lipinski definition) is 1. The van der Waals surface area contributed by atoms with E-state index in [4.69, 9.17) is 0 Å². The van der Waals surface area contributed by atoms with Gasteiger partial charge in [-0.15, -0.1) is 0 Å². The van der Waals surface area contributed by atoms with Gasteiger partial charge in [-0.05, 0) is 30.9 Å². The molecule has 2 rings (SSSR count). The molecule has 0 fully saturated rings. The molecule has 0 spiro atoms. The van der Waals surface area contributed by atoms with E-state index in [9.17, 15) is 9.90 Å². The van der Waals surface area contributed by atoms with Crippen LogP contribution in [0.25, 0.3) is 0 Å². The van der Waals surface area contributed by atoms with Gasteiger partial charge in [0.1, 0.15) is 0 Å². The molecule has 0 aromatic carbocycles. The van der Waals surface area contributed by atoms with Gasteiger partial charge in [-0.2, -0.15) is 0 Å². The molecule has 2 aliphatic carbocycles. The van der Waals surface area contributed by atoms with Crippen molar-refractivity contribution in [3.05, 3.63) is 23.8 Å². The molecule has 0 saturated heterocycles. The molecule has 2 heteroatoms. The Kier molecular flexibility index (Phi) is 2.08. The van der Waals surface area contributed by atoms with Gasteiger partial charge < -0.3 is 5.11 Å². The number of fused-ring (bicyclic) bond motifs is 1. The van der Waals surface area contributed by atoms with Crippen LogP contribution in [0.5, 0.6) is 0 Å². The summed E-state index contributed by atoms with van der Waals surface area (Å²) in [5, 5.41) is 9.38. The van der Waals surface area contributed by atoms with Crippen LogP contribution in [0.3, 0.4) is 0 Å². The fourth-order valence-electron chi connectivity index (χ4n) is 2.22. The van der Waals surface area contributed by atoms with Crippen molar-refractivity contribution in [1.82, 2.24) is 0 Å². The SMILES string of the molecule is O=C1C=C2C=CCCC2(CO)CC1. The second kappa shape index (κ2) is 3.11. The van der Waals surface area contributed by atoms with Crippen LogP contribution < -0.4 is 0 Å². The standard InChI is InChI=1S/C11H14O2/c12-8-11-5-2-1-3-9(11)7-10(13)4-6-11/h1,3,7,12H,2,4-6,8H2. The third-order valence-corrected chi connectivity index (χ3v) is 3.17. The zero-order valence-electron chi connectivity index (χ0n) is 7.62. The molecular weight excluding hydrogens is 164 g/mol. The van der Waals surface area contributed by atoms with Crippen LogP contribution in [-0.2, 0) is 4.79 Å². The first-order valence-electron chi connectivity index (χ1n) is 4.79. The summed E-state index contributed by atoms with van der Waals surface area (Å²) < 4.78 is 0. The number of aliphatic hydroxyl groups is 1. The highest BCUT2D eigenvalue weighted by Gasteiger charge is 2.36. The van der Waals surface area contributed by atoms with Crippen molar-refractivity contribution >= 4 is 5.78 Å². The summed E-state index contributed by atoms with van der Waals surface area (Å²) in [6.07, 6.45) is 9.20. The molecule has 0 amide bonds. The first-order valence-corrected chi connectivity index (χ1v) is 4.79. The number of hydrogen-bond acceptors (Lipinski definition) is 2. The van der Waals surface area contributed by atoms with Crippen molar-refractivity contribution in [1.29, 1.82) is 0 Å². The summed E-state index contributed by atoms with van der Waals surface area (Å²) in [6.45, 7) is 0.177. The van der Waals surface area contributed by atoms with Crippen LogP contribution in [0.1, 0.15) is 25.7 Å². The quantitative estimate of drug-likeness (QED) is 0.662. The van der Waals surface area contributed by atoms with Gasteiger partial charge in [0, 0.05) is 11.8 Å². The van der Waals surface area contributed by atoms with Crippen molar-refractivity contribution < 1.29 is 9.90 Å². The Morgan fingerprint density at radius 3 is 3.08 bits per heavy atom. The molecule has 0 bridgehead atoms. The number of rotatable bonds is 1. The molecule has 0 radical (unpaired) electrons. The zero-order chi connectivity index (χ0) is 9.31. The number of aliphatic hydroxyl groups excluding tert-OH is 1. The van der Waals surface area contributed by atoms with Gasteiger partial charge in [-0.1, -0.05) is 12.2 Å². The smallest absolute Gasteiger partial charge is 0.156 e. The predicted molar refractivity (Wildman–Crippen MR) is 50.2 cm³/mol. The maximum atomic E-state index is 11.2. The van der Waals surface area contributed by atoms with E-state index < -0.39 is 0 Å². The molecule has 2 nitrogen and oxygen atoms in total. The third kappa shape index (κ3) is 1.35. The van der Waals surface area contributed by atoms with Gasteiger partial charge in [0.05, 0.1) is 6.61 Å². The maximum absolute atomic E-state index is 11.2. The number of carbonyl (C=O) groups excluding carboxylic acids is 1. The Labute approximate surface area is 78.0 Å². The van der Waals surface area contributed by atoms with Crippen molar-refractivity contribution in [2.45, 2.75) is 25.7 Å². The summed E-state index contributed by atoms with van der Waals surface area (Å²) in [7, 11) is 0. The van der Waals surface area contributed by atoms with E-state index >= 15 is 0 Å². The molecule has 0 saturated carbocycles. The van der Waals surface area contributed by atoms with Crippen LogP contribution in [0, 0.1) is 5.41 Å². The lowest BCUT2D eigenvalue weighted by molar-refractivity contribution is -0.116. The van der Waals surface area contributed by atoms with Crippen LogP contribution >= 0.6 is 0 Å². The van der Waals surface area contributed by atoms with Crippen LogP contribution in [0.4, 0.5) is 0 Å². The van der Waals surface area contributed by atoms with Crippen molar-refractivity contribution in [2.24, 2.45) is 5.41 Å². The van der Waals surface area contributed by atoms with Crippen molar-refractivity contribution in [2.75, 3.05) is 6.61 Å². The van der Waals surface area contributed by atoms with Crippen molar-refractivity contribution in [3.63, 3.8) is 0 Å². The average molecular weight is 178 g/mol. The summed E-state index contributed by atoms with van der Waals surface area (Å²) >= 11 is 0. The first kappa shape index (κ1) is 8.70. The summed E-state index contributed by atoms with van der Waals surface area (Å²) in [4.78, 5) is 11.2. The fourth-order valence-corrected chi connectivity index (χ4v) is 2.22. The van der Waals surface area contributed by atoms with Crippen LogP contribution in [0.15, 0.2) is 23.8 Å². The molecule has 0 heterocycles. The Balaban J connectivity index is 2.39. The topological polar surface area (TPSA) is 37.3 Å². The van der Waals surface area contributed by atoms with Gasteiger partial charge in [-0.3, -0.25) is 4.79 Å². The molecule has 70 valence electrons. The summed E-state index contributed by atoms with van der Waals surface area (Å²) in [5.74, 6) is 0.200.